The van der Waals surface area contributed by atoms with Crippen molar-refractivity contribution in [2.45, 2.75) is 19.8 Å². The van der Waals surface area contributed by atoms with E-state index in [0.717, 1.165) is 21.6 Å². The smallest absolute Gasteiger partial charge is 0.142 e. The molecular formula is C17H17N3S. The lowest BCUT2D eigenvalue weighted by molar-refractivity contribution is 0.890. The van der Waals surface area contributed by atoms with Gasteiger partial charge in [-0.15, -0.1) is 11.3 Å². The number of hydrogen-bond donors (Lipinski definition) is 1. The largest absolute Gasteiger partial charge is 0.346 e. The maximum Gasteiger partial charge on any atom is 0.142 e. The lowest BCUT2D eigenvalue weighted by Gasteiger charge is -2.00. The Labute approximate surface area is 128 Å². The molecule has 0 spiro atoms. The maximum atomic E-state index is 4.35. The fourth-order valence-corrected chi connectivity index (χ4v) is 3.06. The number of fused-ring (bicyclic) bond motifs is 1. The molecule has 1 aromatic carbocycles. The summed E-state index contributed by atoms with van der Waals surface area (Å²) in [4.78, 5) is 11.1. The van der Waals surface area contributed by atoms with E-state index in [0.29, 0.717) is 5.92 Å². The molecule has 0 fully saturated rings. The van der Waals surface area contributed by atoms with Crippen LogP contribution in [0.5, 0.6) is 0 Å². The highest BCUT2D eigenvalue weighted by Gasteiger charge is 2.09. The molecule has 4 heteroatoms. The normalized spacial score (nSPS) is 11.6. The Morgan fingerprint density at radius 1 is 1.14 bits per heavy atom. The van der Waals surface area contributed by atoms with Gasteiger partial charge in [-0.3, -0.25) is 0 Å². The Morgan fingerprint density at radius 2 is 1.95 bits per heavy atom. The van der Waals surface area contributed by atoms with Gasteiger partial charge in [0.05, 0.1) is 5.39 Å². The molecule has 0 aliphatic rings. The number of benzene rings is 1. The van der Waals surface area contributed by atoms with Gasteiger partial charge in [0, 0.05) is 11.1 Å². The van der Waals surface area contributed by atoms with Gasteiger partial charge in [-0.1, -0.05) is 44.2 Å². The highest BCUT2D eigenvalue weighted by Crippen LogP contribution is 2.32. The minimum Gasteiger partial charge on any atom is -0.346 e. The molecule has 0 aliphatic heterocycles. The monoisotopic (exact) mass is 295 g/mol. The van der Waals surface area contributed by atoms with Crippen LogP contribution in [0.2, 0.25) is 0 Å². The zero-order chi connectivity index (χ0) is 14.7. The van der Waals surface area contributed by atoms with Crippen LogP contribution in [-0.4, -0.2) is 9.97 Å². The standard InChI is InChI=1S/C17H17N3S/c1-12(2)15-10-14-16(19-11-20-17(14)21-15)18-9-8-13-6-4-3-5-7-13/h3-12H,1-2H3,(H,18,19,20). The fraction of sp³-hybridized carbons (Fsp3) is 0.176. The predicted octanol–water partition coefficient (Wildman–Crippen LogP) is 4.90. The first-order valence-electron chi connectivity index (χ1n) is 6.96. The van der Waals surface area contributed by atoms with E-state index < -0.39 is 0 Å². The molecule has 0 saturated carbocycles. The SMILES string of the molecule is CC(C)c1cc2c(NC=Cc3ccccc3)ncnc2s1. The van der Waals surface area contributed by atoms with E-state index in [-0.39, 0.29) is 0 Å². The van der Waals surface area contributed by atoms with Crippen molar-refractivity contribution in [2.24, 2.45) is 0 Å². The second-order valence-electron chi connectivity index (χ2n) is 5.13. The quantitative estimate of drug-likeness (QED) is 0.744. The first-order chi connectivity index (χ1) is 10.2. The van der Waals surface area contributed by atoms with Crippen molar-refractivity contribution < 1.29 is 0 Å². The van der Waals surface area contributed by atoms with Crippen LogP contribution in [0.3, 0.4) is 0 Å². The minimum atomic E-state index is 0.511. The zero-order valence-corrected chi connectivity index (χ0v) is 12.9. The third-order valence-corrected chi connectivity index (χ3v) is 4.56. The van der Waals surface area contributed by atoms with Crippen molar-refractivity contribution >= 4 is 33.4 Å². The summed E-state index contributed by atoms with van der Waals surface area (Å²) in [6.45, 7) is 4.39. The second kappa shape index (κ2) is 6.06. The summed E-state index contributed by atoms with van der Waals surface area (Å²) in [5.74, 6) is 1.37. The molecule has 2 heterocycles. The van der Waals surface area contributed by atoms with E-state index in [1.54, 1.807) is 17.7 Å². The molecule has 0 aliphatic carbocycles. The Hall–Kier alpha value is -2.20. The molecule has 0 saturated heterocycles. The van der Waals surface area contributed by atoms with Crippen molar-refractivity contribution in [3.05, 3.63) is 59.4 Å². The van der Waals surface area contributed by atoms with Gasteiger partial charge in [0.25, 0.3) is 0 Å². The van der Waals surface area contributed by atoms with E-state index in [1.807, 2.05) is 30.5 Å². The van der Waals surface area contributed by atoms with E-state index >= 15 is 0 Å². The zero-order valence-electron chi connectivity index (χ0n) is 12.1. The molecule has 0 atom stereocenters. The average Bonchev–Trinajstić information content (AvgIpc) is 2.94. The number of thiophene rings is 1. The molecule has 0 radical (unpaired) electrons. The van der Waals surface area contributed by atoms with Gasteiger partial charge in [-0.2, -0.15) is 0 Å². The summed E-state index contributed by atoms with van der Waals surface area (Å²) in [6, 6.07) is 12.4. The fourth-order valence-electron chi connectivity index (χ4n) is 2.05. The molecule has 3 nitrogen and oxygen atoms in total. The first-order valence-corrected chi connectivity index (χ1v) is 7.78. The van der Waals surface area contributed by atoms with Gasteiger partial charge in [0.2, 0.25) is 0 Å². The third-order valence-electron chi connectivity index (χ3n) is 3.21. The molecule has 0 unspecified atom stereocenters. The van der Waals surface area contributed by atoms with Crippen LogP contribution < -0.4 is 5.32 Å². The van der Waals surface area contributed by atoms with Crippen LogP contribution in [0.4, 0.5) is 5.82 Å². The van der Waals surface area contributed by atoms with Crippen molar-refractivity contribution in [1.29, 1.82) is 0 Å². The minimum absolute atomic E-state index is 0.511. The molecule has 3 rings (SSSR count). The predicted molar refractivity (Wildman–Crippen MR) is 90.6 cm³/mol. The highest BCUT2D eigenvalue weighted by molar-refractivity contribution is 7.18. The lowest BCUT2D eigenvalue weighted by atomic mass is 10.2. The molecule has 106 valence electrons. The van der Waals surface area contributed by atoms with E-state index in [4.69, 9.17) is 0 Å². The third kappa shape index (κ3) is 3.11. The maximum absolute atomic E-state index is 4.35. The summed E-state index contributed by atoms with van der Waals surface area (Å²) in [7, 11) is 0. The van der Waals surface area contributed by atoms with Crippen LogP contribution >= 0.6 is 11.3 Å². The number of rotatable bonds is 4. The summed E-state index contributed by atoms with van der Waals surface area (Å²) in [5, 5.41) is 4.35. The number of nitrogens with one attached hydrogen (secondary N) is 1. The van der Waals surface area contributed by atoms with Gasteiger partial charge in [-0.25, -0.2) is 9.97 Å². The van der Waals surface area contributed by atoms with E-state index in [1.165, 1.54) is 4.88 Å². The van der Waals surface area contributed by atoms with Gasteiger partial charge < -0.3 is 5.32 Å². The van der Waals surface area contributed by atoms with Crippen LogP contribution in [0.1, 0.15) is 30.2 Å². The second-order valence-corrected chi connectivity index (χ2v) is 6.20. The summed E-state index contributed by atoms with van der Waals surface area (Å²) < 4.78 is 0. The Kier molecular flexibility index (Phi) is 3.97. The number of anilines is 1. The summed E-state index contributed by atoms with van der Waals surface area (Å²) in [6.07, 6.45) is 5.56. The van der Waals surface area contributed by atoms with Crippen LogP contribution in [0.25, 0.3) is 16.3 Å². The Bertz CT molecular complexity index is 760. The molecule has 0 amide bonds. The van der Waals surface area contributed by atoms with Crippen molar-refractivity contribution in [1.82, 2.24) is 9.97 Å². The van der Waals surface area contributed by atoms with Crippen molar-refractivity contribution in [3.63, 3.8) is 0 Å². The molecule has 3 aromatic rings. The molecule has 1 N–H and O–H groups in total. The van der Waals surface area contributed by atoms with Gasteiger partial charge in [0.15, 0.2) is 0 Å². The topological polar surface area (TPSA) is 37.8 Å². The summed E-state index contributed by atoms with van der Waals surface area (Å²) >= 11 is 1.73. The van der Waals surface area contributed by atoms with Gasteiger partial charge >= 0.3 is 0 Å². The highest BCUT2D eigenvalue weighted by atomic mass is 32.1. The van der Waals surface area contributed by atoms with E-state index in [2.05, 4.69) is 47.3 Å². The molecular weight excluding hydrogens is 278 g/mol. The Balaban J connectivity index is 1.85. The first kappa shape index (κ1) is 13.8. The molecule has 21 heavy (non-hydrogen) atoms. The summed E-state index contributed by atoms with van der Waals surface area (Å²) in [5.41, 5.74) is 1.16. The molecule has 0 bridgehead atoms. The van der Waals surface area contributed by atoms with Gasteiger partial charge in [0.1, 0.15) is 17.0 Å². The number of nitrogens with zero attached hydrogens (tertiary/aromatic N) is 2. The number of aromatic nitrogens is 2. The lowest BCUT2D eigenvalue weighted by Crippen LogP contribution is -1.92. The Morgan fingerprint density at radius 3 is 2.71 bits per heavy atom. The van der Waals surface area contributed by atoms with Crippen molar-refractivity contribution in [2.75, 3.05) is 5.32 Å². The van der Waals surface area contributed by atoms with E-state index in [9.17, 15) is 0 Å². The van der Waals surface area contributed by atoms with Gasteiger partial charge in [-0.05, 0) is 23.6 Å². The van der Waals surface area contributed by atoms with Crippen LogP contribution in [0.15, 0.2) is 48.9 Å². The molecule has 2 aromatic heterocycles. The number of hydrogen-bond acceptors (Lipinski definition) is 4. The van der Waals surface area contributed by atoms with Crippen molar-refractivity contribution in [3.8, 4) is 0 Å². The average molecular weight is 295 g/mol. The van der Waals surface area contributed by atoms with Crippen LogP contribution in [-0.2, 0) is 0 Å². The van der Waals surface area contributed by atoms with Crippen LogP contribution in [0, 0.1) is 0 Å².